The van der Waals surface area contributed by atoms with Gasteiger partial charge in [0.25, 0.3) is 0 Å². The quantitative estimate of drug-likeness (QED) is 0.927. The van der Waals surface area contributed by atoms with E-state index in [0.29, 0.717) is 11.4 Å². The number of hydrogen-bond donors (Lipinski definition) is 1. The summed E-state index contributed by atoms with van der Waals surface area (Å²) in [6, 6.07) is 10.8. The number of fused-ring (bicyclic) bond motifs is 1. The van der Waals surface area contributed by atoms with E-state index in [9.17, 15) is 5.26 Å². The van der Waals surface area contributed by atoms with E-state index in [-0.39, 0.29) is 0 Å². The fourth-order valence-corrected chi connectivity index (χ4v) is 3.62. The summed E-state index contributed by atoms with van der Waals surface area (Å²) in [5, 5.41) is 9.60. The molecule has 0 unspecified atom stereocenters. The molecular formula is C20H24N4. The van der Waals surface area contributed by atoms with Gasteiger partial charge in [-0.1, -0.05) is 12.1 Å². The molecule has 3 rings (SSSR count). The first-order valence-corrected chi connectivity index (χ1v) is 8.76. The lowest BCUT2D eigenvalue weighted by Gasteiger charge is -2.23. The standard InChI is InChI=1S/C20H24N4/c1-3-24(4-2)15-11-9-14(10-12-15)19-16-7-5-6-8-18(16)23-20(22)17(19)13-21/h9-12H,3-8H2,1-2H3,(H2,22,23). The minimum atomic E-state index is 0.362. The molecule has 2 aromatic rings. The summed E-state index contributed by atoms with van der Waals surface area (Å²) in [5.74, 6) is 0.362. The second-order valence-electron chi connectivity index (χ2n) is 6.21. The summed E-state index contributed by atoms with van der Waals surface area (Å²) in [4.78, 5) is 6.80. The maximum Gasteiger partial charge on any atom is 0.142 e. The Bertz CT molecular complexity index is 768. The van der Waals surface area contributed by atoms with Crippen molar-refractivity contribution in [2.24, 2.45) is 0 Å². The van der Waals surface area contributed by atoms with Gasteiger partial charge in [-0.2, -0.15) is 5.26 Å². The van der Waals surface area contributed by atoms with Crippen LogP contribution in [-0.2, 0) is 12.8 Å². The van der Waals surface area contributed by atoms with Crippen LogP contribution in [-0.4, -0.2) is 18.1 Å². The van der Waals surface area contributed by atoms with Crippen LogP contribution in [0.3, 0.4) is 0 Å². The molecule has 0 aliphatic heterocycles. The van der Waals surface area contributed by atoms with Crippen molar-refractivity contribution in [3.8, 4) is 17.2 Å². The Morgan fingerprint density at radius 3 is 2.42 bits per heavy atom. The van der Waals surface area contributed by atoms with E-state index >= 15 is 0 Å². The van der Waals surface area contributed by atoms with Crippen LogP contribution in [0.25, 0.3) is 11.1 Å². The Kier molecular flexibility index (Phi) is 4.71. The van der Waals surface area contributed by atoms with Crippen LogP contribution in [0.5, 0.6) is 0 Å². The molecule has 0 bridgehead atoms. The number of hydrogen-bond acceptors (Lipinski definition) is 4. The lowest BCUT2D eigenvalue weighted by molar-refractivity contribution is 0.670. The third-order valence-electron chi connectivity index (χ3n) is 4.90. The van der Waals surface area contributed by atoms with Gasteiger partial charge in [0.15, 0.2) is 0 Å². The van der Waals surface area contributed by atoms with Crippen molar-refractivity contribution in [3.63, 3.8) is 0 Å². The largest absolute Gasteiger partial charge is 0.383 e. The van der Waals surface area contributed by atoms with E-state index in [1.165, 1.54) is 11.3 Å². The van der Waals surface area contributed by atoms with Gasteiger partial charge in [-0.25, -0.2) is 4.98 Å². The summed E-state index contributed by atoms with van der Waals surface area (Å²) >= 11 is 0. The van der Waals surface area contributed by atoms with Crippen LogP contribution in [0.4, 0.5) is 11.5 Å². The monoisotopic (exact) mass is 320 g/mol. The van der Waals surface area contributed by atoms with Gasteiger partial charge in [-0.15, -0.1) is 0 Å². The van der Waals surface area contributed by atoms with Crippen molar-refractivity contribution in [2.75, 3.05) is 23.7 Å². The van der Waals surface area contributed by atoms with Gasteiger partial charge in [0.1, 0.15) is 17.5 Å². The molecule has 1 aliphatic rings. The van der Waals surface area contributed by atoms with Gasteiger partial charge < -0.3 is 10.6 Å². The Balaban J connectivity index is 2.12. The smallest absolute Gasteiger partial charge is 0.142 e. The van der Waals surface area contributed by atoms with E-state index in [1.807, 2.05) is 0 Å². The summed E-state index contributed by atoms with van der Waals surface area (Å²) in [7, 11) is 0. The number of aromatic nitrogens is 1. The lowest BCUT2D eigenvalue weighted by Crippen LogP contribution is -2.21. The van der Waals surface area contributed by atoms with E-state index in [0.717, 1.165) is 55.6 Å². The highest BCUT2D eigenvalue weighted by atomic mass is 15.1. The van der Waals surface area contributed by atoms with Crippen molar-refractivity contribution in [1.82, 2.24) is 4.98 Å². The van der Waals surface area contributed by atoms with Gasteiger partial charge in [-0.3, -0.25) is 0 Å². The summed E-state index contributed by atoms with van der Waals surface area (Å²) in [6.07, 6.45) is 4.22. The molecule has 4 heteroatoms. The topological polar surface area (TPSA) is 65.9 Å². The van der Waals surface area contributed by atoms with Gasteiger partial charge in [0, 0.05) is 30.0 Å². The summed E-state index contributed by atoms with van der Waals surface area (Å²) < 4.78 is 0. The average molecular weight is 320 g/mol. The molecule has 4 nitrogen and oxygen atoms in total. The third-order valence-corrected chi connectivity index (χ3v) is 4.90. The predicted octanol–water partition coefficient (Wildman–Crippen LogP) is 3.93. The maximum absolute atomic E-state index is 9.60. The molecule has 1 aromatic carbocycles. The zero-order chi connectivity index (χ0) is 17.1. The molecule has 124 valence electrons. The zero-order valence-electron chi connectivity index (χ0n) is 14.5. The van der Waals surface area contributed by atoms with E-state index in [2.05, 4.69) is 54.1 Å². The van der Waals surface area contributed by atoms with Gasteiger partial charge in [-0.05, 0) is 62.8 Å². The Labute approximate surface area is 143 Å². The molecule has 1 heterocycles. The number of anilines is 2. The molecular weight excluding hydrogens is 296 g/mol. The minimum Gasteiger partial charge on any atom is -0.383 e. The van der Waals surface area contributed by atoms with Crippen LogP contribution >= 0.6 is 0 Å². The first-order valence-electron chi connectivity index (χ1n) is 8.76. The second-order valence-corrected chi connectivity index (χ2v) is 6.21. The van der Waals surface area contributed by atoms with Crippen LogP contribution in [0, 0.1) is 11.3 Å². The number of nitriles is 1. The van der Waals surface area contributed by atoms with Gasteiger partial charge >= 0.3 is 0 Å². The summed E-state index contributed by atoms with van der Waals surface area (Å²) in [6.45, 7) is 6.28. The van der Waals surface area contributed by atoms with Crippen LogP contribution in [0.2, 0.25) is 0 Å². The molecule has 0 saturated heterocycles. The van der Waals surface area contributed by atoms with Crippen LogP contribution in [0.15, 0.2) is 24.3 Å². The van der Waals surface area contributed by atoms with Crippen molar-refractivity contribution in [3.05, 3.63) is 41.1 Å². The van der Waals surface area contributed by atoms with Crippen LogP contribution < -0.4 is 10.6 Å². The molecule has 2 N–H and O–H groups in total. The molecule has 0 saturated carbocycles. The van der Waals surface area contributed by atoms with Crippen molar-refractivity contribution < 1.29 is 0 Å². The lowest BCUT2D eigenvalue weighted by atomic mass is 9.86. The maximum atomic E-state index is 9.60. The molecule has 24 heavy (non-hydrogen) atoms. The molecule has 1 aromatic heterocycles. The predicted molar refractivity (Wildman–Crippen MR) is 99.0 cm³/mol. The van der Waals surface area contributed by atoms with E-state index in [4.69, 9.17) is 5.73 Å². The fraction of sp³-hybridized carbons (Fsp3) is 0.400. The number of nitrogens with two attached hydrogens (primary N) is 1. The number of nitrogen functional groups attached to an aromatic ring is 1. The highest BCUT2D eigenvalue weighted by Crippen LogP contribution is 2.36. The SMILES string of the molecule is CCN(CC)c1ccc(-c2c(C#N)c(N)nc3c2CCCC3)cc1. The Morgan fingerprint density at radius 1 is 1.12 bits per heavy atom. The van der Waals surface area contributed by atoms with Gasteiger partial charge in [0.05, 0.1) is 0 Å². The number of nitrogens with zero attached hydrogens (tertiary/aromatic N) is 3. The normalized spacial score (nSPS) is 13.2. The average Bonchev–Trinajstić information content (AvgIpc) is 2.62. The number of benzene rings is 1. The molecule has 0 atom stereocenters. The Hall–Kier alpha value is -2.54. The molecule has 0 fully saturated rings. The highest BCUT2D eigenvalue weighted by Gasteiger charge is 2.21. The fourth-order valence-electron chi connectivity index (χ4n) is 3.62. The van der Waals surface area contributed by atoms with E-state index < -0.39 is 0 Å². The summed E-state index contributed by atoms with van der Waals surface area (Å²) in [5.41, 5.74) is 12.1. The first-order chi connectivity index (χ1) is 11.7. The number of rotatable bonds is 4. The van der Waals surface area contributed by atoms with E-state index in [1.54, 1.807) is 0 Å². The third kappa shape index (κ3) is 2.82. The minimum absolute atomic E-state index is 0.362. The molecule has 0 radical (unpaired) electrons. The van der Waals surface area contributed by atoms with Gasteiger partial charge in [0.2, 0.25) is 0 Å². The molecule has 0 amide bonds. The zero-order valence-corrected chi connectivity index (χ0v) is 14.5. The van der Waals surface area contributed by atoms with Crippen LogP contribution in [0.1, 0.15) is 43.5 Å². The number of aryl methyl sites for hydroxylation is 1. The molecule has 0 spiro atoms. The van der Waals surface area contributed by atoms with Crippen molar-refractivity contribution >= 4 is 11.5 Å². The van der Waals surface area contributed by atoms with Crippen molar-refractivity contribution in [1.29, 1.82) is 5.26 Å². The first kappa shape index (κ1) is 16.3. The number of pyridine rings is 1. The Morgan fingerprint density at radius 2 is 1.79 bits per heavy atom. The second kappa shape index (κ2) is 6.92. The highest BCUT2D eigenvalue weighted by molar-refractivity contribution is 5.80. The molecule has 1 aliphatic carbocycles. The van der Waals surface area contributed by atoms with Crippen molar-refractivity contribution in [2.45, 2.75) is 39.5 Å².